The molecule has 0 amide bonds. The van der Waals surface area contributed by atoms with E-state index in [9.17, 15) is 8.42 Å². The lowest BCUT2D eigenvalue weighted by Crippen LogP contribution is -2.25. The van der Waals surface area contributed by atoms with E-state index in [0.717, 1.165) is 5.56 Å². The van der Waals surface area contributed by atoms with Crippen LogP contribution < -0.4 is 5.14 Å². The number of aryl methyl sites for hydroxylation is 1. The zero-order chi connectivity index (χ0) is 15.2. The van der Waals surface area contributed by atoms with Crippen LogP contribution in [0.15, 0.2) is 30.3 Å². The van der Waals surface area contributed by atoms with Crippen molar-refractivity contribution in [1.82, 2.24) is 0 Å². The summed E-state index contributed by atoms with van der Waals surface area (Å²) in [6.45, 7) is 6.27. The minimum Gasteiger partial charge on any atom is -0.242 e. The quantitative estimate of drug-likeness (QED) is 0.668. The molecule has 0 aliphatic heterocycles. The van der Waals surface area contributed by atoms with Crippen LogP contribution in [0.5, 0.6) is 0 Å². The van der Waals surface area contributed by atoms with E-state index in [1.165, 1.54) is 0 Å². The van der Waals surface area contributed by atoms with E-state index in [1.807, 2.05) is 30.3 Å². The van der Waals surface area contributed by atoms with Crippen molar-refractivity contribution in [3.05, 3.63) is 35.9 Å². The SMILES string of the molecule is C[Si](C)(C)C#C[C@H](CCc1ccccc1)OS(N)(=O)=O. The molecule has 1 aromatic rings. The van der Waals surface area contributed by atoms with Crippen molar-refractivity contribution < 1.29 is 12.6 Å². The van der Waals surface area contributed by atoms with Gasteiger partial charge in [0, 0.05) is 0 Å². The highest BCUT2D eigenvalue weighted by Gasteiger charge is 2.15. The van der Waals surface area contributed by atoms with E-state index < -0.39 is 24.5 Å². The summed E-state index contributed by atoms with van der Waals surface area (Å²) in [5.41, 5.74) is 4.24. The third kappa shape index (κ3) is 8.12. The van der Waals surface area contributed by atoms with Gasteiger partial charge in [-0.1, -0.05) is 55.9 Å². The van der Waals surface area contributed by atoms with Gasteiger partial charge in [0.05, 0.1) is 0 Å². The van der Waals surface area contributed by atoms with Gasteiger partial charge in [-0.05, 0) is 18.4 Å². The first kappa shape index (κ1) is 16.9. The Bertz CT molecular complexity index is 582. The van der Waals surface area contributed by atoms with Gasteiger partial charge in [0.1, 0.15) is 14.2 Å². The van der Waals surface area contributed by atoms with Crippen molar-refractivity contribution in [2.24, 2.45) is 5.14 Å². The summed E-state index contributed by atoms with van der Waals surface area (Å²) in [7, 11) is -5.56. The molecule has 110 valence electrons. The smallest absolute Gasteiger partial charge is 0.242 e. The summed E-state index contributed by atoms with van der Waals surface area (Å²) in [6.07, 6.45) is 0.510. The van der Waals surface area contributed by atoms with Crippen molar-refractivity contribution in [3.8, 4) is 11.5 Å². The van der Waals surface area contributed by atoms with E-state index in [0.29, 0.717) is 12.8 Å². The first-order valence-corrected chi connectivity index (χ1v) is 11.4. The van der Waals surface area contributed by atoms with Gasteiger partial charge in [0.25, 0.3) is 0 Å². The lowest BCUT2D eigenvalue weighted by molar-refractivity contribution is 0.254. The van der Waals surface area contributed by atoms with Crippen LogP contribution in [0, 0.1) is 11.5 Å². The molecule has 0 fully saturated rings. The normalized spacial score (nSPS) is 13.4. The molecule has 0 aromatic heterocycles. The number of hydrogen-bond acceptors (Lipinski definition) is 3. The first-order valence-electron chi connectivity index (χ1n) is 6.43. The van der Waals surface area contributed by atoms with Crippen LogP contribution in [0.1, 0.15) is 12.0 Å². The van der Waals surface area contributed by atoms with Gasteiger partial charge in [-0.3, -0.25) is 0 Å². The first-order chi connectivity index (χ1) is 9.16. The minimum absolute atomic E-state index is 0.498. The van der Waals surface area contributed by atoms with E-state index >= 15 is 0 Å². The maximum absolute atomic E-state index is 11.1. The fraction of sp³-hybridized carbons (Fsp3) is 0.429. The largest absolute Gasteiger partial charge is 0.334 e. The summed E-state index contributed by atoms with van der Waals surface area (Å²) in [5, 5.41) is 4.94. The molecule has 0 aliphatic rings. The monoisotopic (exact) mass is 311 g/mol. The topological polar surface area (TPSA) is 69.4 Å². The molecule has 0 unspecified atom stereocenters. The summed E-state index contributed by atoms with van der Waals surface area (Å²) in [4.78, 5) is 0. The molecule has 1 atom stereocenters. The van der Waals surface area contributed by atoms with Crippen LogP contribution in [0.2, 0.25) is 19.6 Å². The molecule has 1 aromatic carbocycles. The van der Waals surface area contributed by atoms with E-state index in [1.54, 1.807) is 0 Å². The standard InChI is InChI=1S/C14H21NO3SSi/c1-20(2,3)12-11-14(18-19(15,16)17)10-9-13-7-5-4-6-8-13/h4-8,14H,9-10H2,1-3H3,(H2,15,16,17)/t14-/m0/s1. The van der Waals surface area contributed by atoms with Crippen LogP contribution in [-0.4, -0.2) is 22.6 Å². The third-order valence-corrected chi connectivity index (χ3v) is 3.79. The molecule has 0 saturated heterocycles. The maximum atomic E-state index is 11.1. The Morgan fingerprint density at radius 3 is 2.35 bits per heavy atom. The summed E-state index contributed by atoms with van der Waals surface area (Å²) in [6, 6.07) is 9.80. The second-order valence-electron chi connectivity index (χ2n) is 5.62. The second kappa shape index (κ2) is 7.04. The lowest BCUT2D eigenvalue weighted by Gasteiger charge is -2.11. The van der Waals surface area contributed by atoms with Gasteiger partial charge in [0.2, 0.25) is 0 Å². The zero-order valence-electron chi connectivity index (χ0n) is 12.1. The number of nitrogens with two attached hydrogens (primary N) is 1. The number of rotatable bonds is 5. The molecule has 2 N–H and O–H groups in total. The van der Waals surface area contributed by atoms with Gasteiger partial charge in [-0.25, -0.2) is 9.32 Å². The Hall–Kier alpha value is -1.13. The highest BCUT2D eigenvalue weighted by atomic mass is 32.2. The summed E-state index contributed by atoms with van der Waals surface area (Å²) < 4.78 is 27.0. The van der Waals surface area contributed by atoms with E-state index in [2.05, 4.69) is 31.1 Å². The Morgan fingerprint density at radius 1 is 1.25 bits per heavy atom. The number of hydrogen-bond donors (Lipinski definition) is 1. The van der Waals surface area contributed by atoms with Crippen LogP contribution in [-0.2, 0) is 20.9 Å². The predicted molar refractivity (Wildman–Crippen MR) is 83.9 cm³/mol. The number of benzene rings is 1. The molecule has 0 aliphatic carbocycles. The van der Waals surface area contributed by atoms with Gasteiger partial charge in [-0.15, -0.1) is 5.54 Å². The molecule has 0 saturated carbocycles. The Morgan fingerprint density at radius 2 is 1.85 bits per heavy atom. The maximum Gasteiger partial charge on any atom is 0.334 e. The van der Waals surface area contributed by atoms with Crippen molar-refractivity contribution in [3.63, 3.8) is 0 Å². The molecule has 20 heavy (non-hydrogen) atoms. The third-order valence-electron chi connectivity index (χ3n) is 2.40. The molecule has 6 heteroatoms. The Balaban J connectivity index is 2.75. The van der Waals surface area contributed by atoms with Gasteiger partial charge in [0.15, 0.2) is 0 Å². The lowest BCUT2D eigenvalue weighted by atomic mass is 10.1. The Kier molecular flexibility index (Phi) is 5.96. The van der Waals surface area contributed by atoms with Gasteiger partial charge < -0.3 is 0 Å². The van der Waals surface area contributed by atoms with Crippen molar-refractivity contribution >= 4 is 18.4 Å². The molecular weight excluding hydrogens is 290 g/mol. The van der Waals surface area contributed by atoms with E-state index in [-0.39, 0.29) is 0 Å². The van der Waals surface area contributed by atoms with Crippen molar-refractivity contribution in [1.29, 1.82) is 0 Å². The molecule has 0 spiro atoms. The van der Waals surface area contributed by atoms with Gasteiger partial charge >= 0.3 is 10.3 Å². The molecule has 0 heterocycles. The molecule has 0 bridgehead atoms. The van der Waals surface area contributed by atoms with Crippen molar-refractivity contribution in [2.45, 2.75) is 38.6 Å². The van der Waals surface area contributed by atoms with Crippen LogP contribution in [0.25, 0.3) is 0 Å². The molecular formula is C14H21NO3SSi. The average Bonchev–Trinajstić information content (AvgIpc) is 2.31. The Labute approximate surface area is 122 Å². The highest BCUT2D eigenvalue weighted by molar-refractivity contribution is 7.84. The second-order valence-corrected chi connectivity index (χ2v) is 11.5. The van der Waals surface area contributed by atoms with Crippen LogP contribution in [0.4, 0.5) is 0 Å². The molecule has 4 nitrogen and oxygen atoms in total. The zero-order valence-corrected chi connectivity index (χ0v) is 13.9. The fourth-order valence-electron chi connectivity index (χ4n) is 1.55. The van der Waals surface area contributed by atoms with Crippen LogP contribution >= 0.6 is 0 Å². The highest BCUT2D eigenvalue weighted by Crippen LogP contribution is 2.09. The molecule has 1 rings (SSSR count). The fourth-order valence-corrected chi connectivity index (χ4v) is 2.61. The van der Waals surface area contributed by atoms with Crippen molar-refractivity contribution in [2.75, 3.05) is 0 Å². The van der Waals surface area contributed by atoms with Gasteiger partial charge in [-0.2, -0.15) is 8.42 Å². The van der Waals surface area contributed by atoms with E-state index in [4.69, 9.17) is 9.32 Å². The molecule has 0 radical (unpaired) electrons. The minimum atomic E-state index is -3.98. The summed E-state index contributed by atoms with van der Waals surface area (Å²) >= 11 is 0. The predicted octanol–water partition coefficient (Wildman–Crippen LogP) is 2.09. The average molecular weight is 311 g/mol. The van der Waals surface area contributed by atoms with Crippen LogP contribution in [0.3, 0.4) is 0 Å². The summed E-state index contributed by atoms with van der Waals surface area (Å²) in [5.74, 6) is 2.92.